The summed E-state index contributed by atoms with van der Waals surface area (Å²) in [5, 5.41) is 1.14. The Morgan fingerprint density at radius 2 is 1.89 bits per heavy atom. The molecule has 0 radical (unpaired) electrons. The number of fused-ring (bicyclic) bond motifs is 1. The molecule has 0 aliphatic carbocycles. The molecule has 0 spiro atoms. The van der Waals surface area contributed by atoms with E-state index in [-0.39, 0.29) is 4.90 Å². The van der Waals surface area contributed by atoms with Gasteiger partial charge in [0.15, 0.2) is 0 Å². The number of hydrogen-bond acceptors (Lipinski definition) is 3. The monoisotopic (exact) mass is 439 g/mol. The van der Waals surface area contributed by atoms with Crippen LogP contribution in [0.4, 0.5) is 0 Å². The van der Waals surface area contributed by atoms with Crippen molar-refractivity contribution in [2.75, 3.05) is 6.54 Å². The van der Waals surface area contributed by atoms with Crippen LogP contribution < -0.4 is 4.72 Å². The number of sulfonamides is 1. The fraction of sp³-hybridized carbons (Fsp3) is 0.350. The number of benzene rings is 2. The number of nitrogens with zero attached hydrogens (tertiary/aromatic N) is 2. The first kappa shape index (κ1) is 21.1. The summed E-state index contributed by atoms with van der Waals surface area (Å²) in [5.41, 5.74) is 2.38. The van der Waals surface area contributed by atoms with Crippen LogP contribution >= 0.6 is 23.2 Å². The Labute approximate surface area is 175 Å². The Balaban J connectivity index is 1.94. The first-order valence-corrected chi connectivity index (χ1v) is 11.5. The van der Waals surface area contributed by atoms with Gasteiger partial charge in [0.05, 0.1) is 22.5 Å². The topological polar surface area (TPSA) is 64.0 Å². The molecule has 2 aromatic carbocycles. The van der Waals surface area contributed by atoms with Gasteiger partial charge < -0.3 is 4.57 Å². The van der Waals surface area contributed by atoms with Gasteiger partial charge in [-0.3, -0.25) is 0 Å². The molecule has 1 aromatic heterocycles. The molecule has 8 heteroatoms. The highest BCUT2D eigenvalue weighted by Gasteiger charge is 2.17. The van der Waals surface area contributed by atoms with Gasteiger partial charge in [0, 0.05) is 16.6 Å². The molecular formula is C20H23Cl2N3O2S. The van der Waals surface area contributed by atoms with Crippen molar-refractivity contribution in [3.63, 3.8) is 0 Å². The number of halogens is 2. The SMILES string of the molecule is CCCCCNS(=O)(=O)c1ccc2nc(C)n(Cc3ccc(Cl)cc3Cl)c2c1. The van der Waals surface area contributed by atoms with Crippen LogP contribution in [-0.4, -0.2) is 24.5 Å². The molecule has 0 aliphatic heterocycles. The second-order valence-corrected chi connectivity index (χ2v) is 9.35. The minimum Gasteiger partial charge on any atom is -0.324 e. The molecule has 0 aliphatic rings. The van der Waals surface area contributed by atoms with Crippen molar-refractivity contribution in [2.45, 2.75) is 44.6 Å². The van der Waals surface area contributed by atoms with Gasteiger partial charge in [-0.25, -0.2) is 18.1 Å². The van der Waals surface area contributed by atoms with E-state index in [0.29, 0.717) is 23.1 Å². The van der Waals surface area contributed by atoms with Gasteiger partial charge >= 0.3 is 0 Å². The lowest BCUT2D eigenvalue weighted by Gasteiger charge is -2.11. The summed E-state index contributed by atoms with van der Waals surface area (Å²) >= 11 is 12.3. The van der Waals surface area contributed by atoms with Crippen molar-refractivity contribution >= 4 is 44.3 Å². The van der Waals surface area contributed by atoms with Gasteiger partial charge in [0.25, 0.3) is 0 Å². The van der Waals surface area contributed by atoms with Gasteiger partial charge in [0.1, 0.15) is 5.82 Å². The summed E-state index contributed by atoms with van der Waals surface area (Å²) in [6.45, 7) is 4.89. The van der Waals surface area contributed by atoms with E-state index in [2.05, 4.69) is 16.6 Å². The Morgan fingerprint density at radius 1 is 1.11 bits per heavy atom. The predicted octanol–water partition coefficient (Wildman–Crippen LogP) is 5.17. The summed E-state index contributed by atoms with van der Waals surface area (Å²) in [4.78, 5) is 4.78. The maximum atomic E-state index is 12.6. The fourth-order valence-electron chi connectivity index (χ4n) is 3.07. The second-order valence-electron chi connectivity index (χ2n) is 6.74. The first-order chi connectivity index (χ1) is 13.3. The molecule has 28 heavy (non-hydrogen) atoms. The summed E-state index contributed by atoms with van der Waals surface area (Å²) in [6, 6.07) is 10.4. The van der Waals surface area contributed by atoms with Crippen LogP contribution in [0.1, 0.15) is 37.6 Å². The van der Waals surface area contributed by atoms with Crippen LogP contribution in [0.25, 0.3) is 11.0 Å². The molecule has 1 N–H and O–H groups in total. The largest absolute Gasteiger partial charge is 0.324 e. The average Bonchev–Trinajstić information content (AvgIpc) is 2.96. The summed E-state index contributed by atoms with van der Waals surface area (Å²) < 4.78 is 29.9. The molecule has 1 heterocycles. The summed E-state index contributed by atoms with van der Waals surface area (Å²) in [5.74, 6) is 0.784. The van der Waals surface area contributed by atoms with Crippen molar-refractivity contribution in [3.05, 3.63) is 57.8 Å². The Hall–Kier alpha value is -1.60. The highest BCUT2D eigenvalue weighted by molar-refractivity contribution is 7.89. The molecule has 5 nitrogen and oxygen atoms in total. The number of nitrogens with one attached hydrogen (secondary N) is 1. The fourth-order valence-corrected chi connectivity index (χ4v) is 4.64. The molecule has 0 saturated heterocycles. The van der Waals surface area contributed by atoms with Crippen LogP contribution in [0.3, 0.4) is 0 Å². The highest BCUT2D eigenvalue weighted by Crippen LogP contribution is 2.26. The Morgan fingerprint density at radius 3 is 2.61 bits per heavy atom. The molecule has 0 atom stereocenters. The van der Waals surface area contributed by atoms with E-state index in [1.807, 2.05) is 17.6 Å². The lowest BCUT2D eigenvalue weighted by atomic mass is 10.2. The lowest BCUT2D eigenvalue weighted by molar-refractivity contribution is 0.576. The maximum absolute atomic E-state index is 12.6. The predicted molar refractivity (Wildman–Crippen MR) is 115 cm³/mol. The van der Waals surface area contributed by atoms with E-state index in [1.54, 1.807) is 30.3 Å². The normalized spacial score (nSPS) is 12.0. The quantitative estimate of drug-likeness (QED) is 0.492. The summed E-state index contributed by atoms with van der Waals surface area (Å²) in [6.07, 6.45) is 2.86. The van der Waals surface area contributed by atoms with E-state index >= 15 is 0 Å². The molecule has 0 amide bonds. The number of aryl methyl sites for hydroxylation is 1. The van der Waals surface area contributed by atoms with E-state index in [1.165, 1.54) is 0 Å². The maximum Gasteiger partial charge on any atom is 0.240 e. The van der Waals surface area contributed by atoms with Gasteiger partial charge in [-0.05, 0) is 49.2 Å². The van der Waals surface area contributed by atoms with Gasteiger partial charge in [0.2, 0.25) is 10.0 Å². The highest BCUT2D eigenvalue weighted by atomic mass is 35.5. The Bertz CT molecular complexity index is 1090. The van der Waals surface area contributed by atoms with Gasteiger partial charge in [-0.1, -0.05) is 49.0 Å². The van der Waals surface area contributed by atoms with Crippen molar-refractivity contribution in [1.82, 2.24) is 14.3 Å². The van der Waals surface area contributed by atoms with Crippen LogP contribution in [0.15, 0.2) is 41.3 Å². The van der Waals surface area contributed by atoms with Crippen LogP contribution in [-0.2, 0) is 16.6 Å². The van der Waals surface area contributed by atoms with E-state index in [0.717, 1.165) is 41.7 Å². The standard InChI is InChI=1S/C20H23Cl2N3O2S/c1-3-4-5-10-23-28(26,27)17-8-9-19-20(12-17)25(14(2)24-19)13-15-6-7-16(21)11-18(15)22/h6-9,11-12,23H,3-5,10,13H2,1-2H3. The molecular weight excluding hydrogens is 417 g/mol. The van der Waals surface area contributed by atoms with E-state index < -0.39 is 10.0 Å². The molecule has 0 saturated carbocycles. The third-order valence-corrected chi connectivity index (χ3v) is 6.68. The number of unbranched alkanes of at least 4 members (excludes halogenated alkanes) is 2. The van der Waals surface area contributed by atoms with Crippen molar-refractivity contribution in [2.24, 2.45) is 0 Å². The van der Waals surface area contributed by atoms with Crippen LogP contribution in [0, 0.1) is 6.92 Å². The zero-order chi connectivity index (χ0) is 20.3. The van der Waals surface area contributed by atoms with Crippen molar-refractivity contribution < 1.29 is 8.42 Å². The van der Waals surface area contributed by atoms with Crippen molar-refractivity contribution in [3.8, 4) is 0 Å². The third-order valence-electron chi connectivity index (χ3n) is 4.64. The Kier molecular flexibility index (Phi) is 6.65. The molecule has 3 rings (SSSR count). The first-order valence-electron chi connectivity index (χ1n) is 9.22. The zero-order valence-corrected chi connectivity index (χ0v) is 18.2. The number of hydrogen-bond donors (Lipinski definition) is 1. The molecule has 3 aromatic rings. The van der Waals surface area contributed by atoms with Gasteiger partial charge in [-0.15, -0.1) is 0 Å². The smallest absolute Gasteiger partial charge is 0.240 e. The minimum atomic E-state index is -3.56. The summed E-state index contributed by atoms with van der Waals surface area (Å²) in [7, 11) is -3.56. The second kappa shape index (κ2) is 8.82. The van der Waals surface area contributed by atoms with E-state index in [9.17, 15) is 8.42 Å². The van der Waals surface area contributed by atoms with Crippen molar-refractivity contribution in [1.29, 1.82) is 0 Å². The zero-order valence-electron chi connectivity index (χ0n) is 15.9. The average molecular weight is 440 g/mol. The third kappa shape index (κ3) is 4.69. The molecule has 150 valence electrons. The van der Waals surface area contributed by atoms with Crippen LogP contribution in [0.2, 0.25) is 10.0 Å². The molecule has 0 unspecified atom stereocenters. The molecule has 0 fully saturated rings. The lowest BCUT2D eigenvalue weighted by Crippen LogP contribution is -2.24. The van der Waals surface area contributed by atoms with E-state index in [4.69, 9.17) is 23.2 Å². The van der Waals surface area contributed by atoms with Crippen LogP contribution in [0.5, 0.6) is 0 Å². The number of aromatic nitrogens is 2. The number of rotatable bonds is 8. The molecule has 0 bridgehead atoms. The van der Waals surface area contributed by atoms with Gasteiger partial charge in [-0.2, -0.15) is 0 Å². The number of imidazole rings is 1. The minimum absolute atomic E-state index is 0.236.